The minimum absolute atomic E-state index is 0.0349. The van der Waals surface area contributed by atoms with E-state index in [1.165, 1.54) is 10.6 Å². The van der Waals surface area contributed by atoms with Crippen molar-refractivity contribution in [3.8, 4) is 0 Å². The molecule has 1 aromatic rings. The summed E-state index contributed by atoms with van der Waals surface area (Å²) in [5.41, 5.74) is 0.915. The number of amides is 1. The van der Waals surface area contributed by atoms with Crippen LogP contribution in [0.2, 0.25) is 0 Å². The van der Waals surface area contributed by atoms with Gasteiger partial charge in [0.25, 0.3) is 0 Å². The average molecular weight is 206 g/mol. The van der Waals surface area contributed by atoms with E-state index in [-0.39, 0.29) is 17.4 Å². The number of aryl methyl sites for hydroxylation is 1. The lowest BCUT2D eigenvalue weighted by atomic mass is 10.2. The predicted molar refractivity (Wildman–Crippen MR) is 56.3 cm³/mol. The zero-order valence-electron chi connectivity index (χ0n) is 8.69. The van der Waals surface area contributed by atoms with Gasteiger partial charge in [-0.25, -0.2) is 0 Å². The van der Waals surface area contributed by atoms with E-state index < -0.39 is 0 Å². The van der Waals surface area contributed by atoms with Gasteiger partial charge in [-0.2, -0.15) is 0 Å². The van der Waals surface area contributed by atoms with Crippen LogP contribution in [0, 0.1) is 5.92 Å². The molecule has 1 heterocycles. The van der Waals surface area contributed by atoms with Gasteiger partial charge in [0.05, 0.1) is 0 Å². The first-order chi connectivity index (χ1) is 7.16. The van der Waals surface area contributed by atoms with Crippen LogP contribution in [-0.2, 0) is 18.4 Å². The van der Waals surface area contributed by atoms with Gasteiger partial charge in [0.1, 0.15) is 0 Å². The zero-order valence-corrected chi connectivity index (χ0v) is 8.69. The van der Waals surface area contributed by atoms with Crippen LogP contribution in [0.4, 0.5) is 0 Å². The molecule has 0 spiro atoms. The Bertz CT molecular complexity index is 432. The van der Waals surface area contributed by atoms with Crippen molar-refractivity contribution < 1.29 is 4.79 Å². The molecule has 1 N–H and O–H groups in total. The van der Waals surface area contributed by atoms with E-state index in [9.17, 15) is 9.59 Å². The monoisotopic (exact) mass is 206 g/mol. The molecule has 2 rings (SSSR count). The van der Waals surface area contributed by atoms with Crippen LogP contribution in [0.25, 0.3) is 0 Å². The standard InChI is InChI=1S/C11H14N2O2/c1-13-7-8(2-5-10(13)14)6-12-11(15)9-3-4-9/h2,5,7,9H,3-4,6H2,1H3,(H,12,15). The lowest BCUT2D eigenvalue weighted by Gasteiger charge is -2.05. The summed E-state index contributed by atoms with van der Waals surface area (Å²) >= 11 is 0. The Morgan fingerprint density at radius 1 is 1.53 bits per heavy atom. The molecule has 0 aromatic carbocycles. The number of carbonyl (C=O) groups excluding carboxylic acids is 1. The van der Waals surface area contributed by atoms with Crippen LogP contribution in [0.15, 0.2) is 23.1 Å². The van der Waals surface area contributed by atoms with Crippen LogP contribution >= 0.6 is 0 Å². The highest BCUT2D eigenvalue weighted by Crippen LogP contribution is 2.28. The Kier molecular flexibility index (Phi) is 2.58. The summed E-state index contributed by atoms with van der Waals surface area (Å²) in [4.78, 5) is 22.5. The third-order valence-electron chi connectivity index (χ3n) is 2.56. The number of pyridine rings is 1. The van der Waals surface area contributed by atoms with Gasteiger partial charge in [-0.1, -0.05) is 6.07 Å². The number of carbonyl (C=O) groups is 1. The molecule has 15 heavy (non-hydrogen) atoms. The van der Waals surface area contributed by atoms with Gasteiger partial charge in [0.2, 0.25) is 11.5 Å². The van der Waals surface area contributed by atoms with E-state index >= 15 is 0 Å². The molecule has 4 heteroatoms. The SMILES string of the molecule is Cn1cc(CNC(=O)C2CC2)ccc1=O. The molecule has 1 amide bonds. The fraction of sp³-hybridized carbons (Fsp3) is 0.455. The third kappa shape index (κ3) is 2.46. The van der Waals surface area contributed by atoms with E-state index in [0.717, 1.165) is 18.4 Å². The van der Waals surface area contributed by atoms with Crippen molar-refractivity contribution in [2.24, 2.45) is 13.0 Å². The minimum atomic E-state index is -0.0349. The maximum absolute atomic E-state index is 11.4. The van der Waals surface area contributed by atoms with Gasteiger partial charge in [0.15, 0.2) is 0 Å². The molecule has 80 valence electrons. The molecule has 1 aromatic heterocycles. The first kappa shape index (κ1) is 9.96. The highest BCUT2D eigenvalue weighted by atomic mass is 16.2. The molecule has 0 saturated heterocycles. The maximum Gasteiger partial charge on any atom is 0.250 e. The molecule has 0 unspecified atom stereocenters. The number of aromatic nitrogens is 1. The van der Waals surface area contributed by atoms with Gasteiger partial charge in [-0.05, 0) is 18.4 Å². The number of rotatable bonds is 3. The van der Waals surface area contributed by atoms with E-state index in [2.05, 4.69) is 5.32 Å². The lowest BCUT2D eigenvalue weighted by molar-refractivity contribution is -0.122. The summed E-state index contributed by atoms with van der Waals surface area (Å²) in [6.45, 7) is 0.503. The first-order valence-electron chi connectivity index (χ1n) is 5.10. The Labute approximate surface area is 87.9 Å². The molecular formula is C11H14N2O2. The first-order valence-corrected chi connectivity index (χ1v) is 5.10. The van der Waals surface area contributed by atoms with Gasteiger partial charge in [-0.3, -0.25) is 9.59 Å². The van der Waals surface area contributed by atoms with Crippen molar-refractivity contribution in [1.82, 2.24) is 9.88 Å². The number of nitrogens with zero attached hydrogens (tertiary/aromatic N) is 1. The summed E-state index contributed by atoms with van der Waals surface area (Å²) in [6.07, 6.45) is 3.77. The van der Waals surface area contributed by atoms with E-state index in [4.69, 9.17) is 0 Å². The Morgan fingerprint density at radius 2 is 2.27 bits per heavy atom. The summed E-state index contributed by atoms with van der Waals surface area (Å²) in [6, 6.07) is 3.26. The van der Waals surface area contributed by atoms with Crippen molar-refractivity contribution in [2.75, 3.05) is 0 Å². The molecule has 0 bridgehead atoms. The van der Waals surface area contributed by atoms with Crippen LogP contribution in [-0.4, -0.2) is 10.5 Å². The normalized spacial score (nSPS) is 15.0. The van der Waals surface area contributed by atoms with Crippen molar-refractivity contribution in [1.29, 1.82) is 0 Å². The lowest BCUT2D eigenvalue weighted by Crippen LogP contribution is -2.25. The quantitative estimate of drug-likeness (QED) is 0.778. The maximum atomic E-state index is 11.4. The largest absolute Gasteiger partial charge is 0.352 e. The number of hydrogen-bond acceptors (Lipinski definition) is 2. The van der Waals surface area contributed by atoms with Crippen LogP contribution in [0.5, 0.6) is 0 Å². The van der Waals surface area contributed by atoms with E-state index in [1.54, 1.807) is 19.3 Å². The smallest absolute Gasteiger partial charge is 0.250 e. The molecule has 4 nitrogen and oxygen atoms in total. The van der Waals surface area contributed by atoms with Crippen molar-refractivity contribution in [3.63, 3.8) is 0 Å². The molecular weight excluding hydrogens is 192 g/mol. The van der Waals surface area contributed by atoms with Gasteiger partial charge < -0.3 is 9.88 Å². The van der Waals surface area contributed by atoms with Gasteiger partial charge >= 0.3 is 0 Å². The summed E-state index contributed by atoms with van der Waals surface area (Å²) in [5.74, 6) is 0.362. The molecule has 1 aliphatic rings. The Balaban J connectivity index is 1.95. The van der Waals surface area contributed by atoms with Crippen molar-refractivity contribution in [2.45, 2.75) is 19.4 Å². The van der Waals surface area contributed by atoms with E-state index in [0.29, 0.717) is 6.54 Å². The van der Waals surface area contributed by atoms with Crippen LogP contribution in [0.3, 0.4) is 0 Å². The van der Waals surface area contributed by atoms with Crippen molar-refractivity contribution >= 4 is 5.91 Å². The fourth-order valence-corrected chi connectivity index (χ4v) is 1.43. The Morgan fingerprint density at radius 3 is 2.87 bits per heavy atom. The topological polar surface area (TPSA) is 51.1 Å². The van der Waals surface area contributed by atoms with Crippen LogP contribution in [0.1, 0.15) is 18.4 Å². The minimum Gasteiger partial charge on any atom is -0.352 e. The summed E-state index contributed by atoms with van der Waals surface area (Å²) < 4.78 is 1.51. The molecule has 1 aliphatic carbocycles. The summed E-state index contributed by atoms with van der Waals surface area (Å²) in [7, 11) is 1.70. The van der Waals surface area contributed by atoms with Gasteiger partial charge in [-0.15, -0.1) is 0 Å². The van der Waals surface area contributed by atoms with Crippen LogP contribution < -0.4 is 10.9 Å². The highest BCUT2D eigenvalue weighted by Gasteiger charge is 2.29. The molecule has 0 radical (unpaired) electrons. The second kappa shape index (κ2) is 3.88. The molecule has 1 saturated carbocycles. The second-order valence-corrected chi connectivity index (χ2v) is 3.98. The summed E-state index contributed by atoms with van der Waals surface area (Å²) in [5, 5.41) is 2.85. The average Bonchev–Trinajstić information content (AvgIpc) is 3.03. The fourth-order valence-electron chi connectivity index (χ4n) is 1.43. The van der Waals surface area contributed by atoms with Gasteiger partial charge in [0, 0.05) is 31.8 Å². The molecule has 0 atom stereocenters. The van der Waals surface area contributed by atoms with E-state index in [1.807, 2.05) is 0 Å². The van der Waals surface area contributed by atoms with Crippen molar-refractivity contribution in [3.05, 3.63) is 34.2 Å². The highest BCUT2D eigenvalue weighted by molar-refractivity contribution is 5.80. The number of nitrogens with one attached hydrogen (secondary N) is 1. The predicted octanol–water partition coefficient (Wildman–Crippen LogP) is 0.412. The zero-order chi connectivity index (χ0) is 10.8. The third-order valence-corrected chi connectivity index (χ3v) is 2.56. The number of hydrogen-bond donors (Lipinski definition) is 1. The second-order valence-electron chi connectivity index (χ2n) is 3.98. The molecule has 0 aliphatic heterocycles. The molecule has 1 fully saturated rings. The Hall–Kier alpha value is -1.58.